The molecule has 1 atom stereocenters. The normalized spacial score (nSPS) is 24.4. The molecule has 0 aliphatic carbocycles. The van der Waals surface area contributed by atoms with Crippen LogP contribution < -0.4 is 5.73 Å². The van der Waals surface area contributed by atoms with Crippen LogP contribution in [0.2, 0.25) is 0 Å². The van der Waals surface area contributed by atoms with Crippen LogP contribution in [0.3, 0.4) is 0 Å². The summed E-state index contributed by atoms with van der Waals surface area (Å²) in [6, 6.07) is -0.309. The fourth-order valence-electron chi connectivity index (χ4n) is 2.89. The summed E-state index contributed by atoms with van der Waals surface area (Å²) >= 11 is 0. The lowest BCUT2D eigenvalue weighted by Crippen LogP contribution is -2.48. The first-order chi connectivity index (χ1) is 9.20. The minimum Gasteiger partial charge on any atom is -0.379 e. The smallest absolute Gasteiger partial charge is 0.239 e. The number of likely N-dealkylation sites (tertiary alicyclic amines) is 1. The summed E-state index contributed by atoms with van der Waals surface area (Å²) in [5.41, 5.74) is 5.82. The van der Waals surface area contributed by atoms with E-state index in [1.165, 1.54) is 0 Å². The molecule has 5 nitrogen and oxygen atoms in total. The van der Waals surface area contributed by atoms with Gasteiger partial charge in [0.15, 0.2) is 0 Å². The molecular weight excluding hydrogens is 242 g/mol. The van der Waals surface area contributed by atoms with Crippen LogP contribution in [-0.2, 0) is 9.53 Å². The highest BCUT2D eigenvalue weighted by Crippen LogP contribution is 2.19. The van der Waals surface area contributed by atoms with Crippen molar-refractivity contribution in [3.8, 4) is 0 Å². The molecule has 1 amide bonds. The summed E-state index contributed by atoms with van der Waals surface area (Å²) in [5, 5.41) is 0. The highest BCUT2D eigenvalue weighted by molar-refractivity contribution is 5.81. The maximum Gasteiger partial charge on any atom is 0.239 e. The molecule has 19 heavy (non-hydrogen) atoms. The third kappa shape index (κ3) is 4.16. The van der Waals surface area contributed by atoms with Crippen molar-refractivity contribution in [2.75, 3.05) is 45.9 Å². The van der Waals surface area contributed by atoms with Crippen LogP contribution in [0, 0.1) is 5.92 Å². The van der Waals surface area contributed by atoms with Crippen LogP contribution in [0.1, 0.15) is 26.2 Å². The molecule has 0 radical (unpaired) electrons. The molecule has 2 fully saturated rings. The predicted octanol–water partition coefficient (Wildman–Crippen LogP) is 0.295. The van der Waals surface area contributed by atoms with Gasteiger partial charge in [0.2, 0.25) is 5.91 Å². The fourth-order valence-corrected chi connectivity index (χ4v) is 2.89. The first-order valence-electron chi connectivity index (χ1n) is 7.55. The average molecular weight is 269 g/mol. The molecule has 2 N–H and O–H groups in total. The number of nitrogens with two attached hydrogens (primary N) is 1. The quantitative estimate of drug-likeness (QED) is 0.797. The van der Waals surface area contributed by atoms with E-state index >= 15 is 0 Å². The second-order valence-electron chi connectivity index (χ2n) is 5.70. The van der Waals surface area contributed by atoms with Crippen LogP contribution in [0.4, 0.5) is 0 Å². The van der Waals surface area contributed by atoms with Gasteiger partial charge in [0.05, 0.1) is 19.3 Å². The van der Waals surface area contributed by atoms with Gasteiger partial charge in [-0.2, -0.15) is 0 Å². The zero-order valence-corrected chi connectivity index (χ0v) is 12.0. The van der Waals surface area contributed by atoms with Crippen LogP contribution >= 0.6 is 0 Å². The molecule has 0 unspecified atom stereocenters. The number of ether oxygens (including phenoxy) is 1. The molecule has 2 rings (SSSR count). The molecule has 0 spiro atoms. The largest absolute Gasteiger partial charge is 0.379 e. The number of nitrogens with zero attached hydrogens (tertiary/aromatic N) is 2. The van der Waals surface area contributed by atoms with E-state index in [9.17, 15) is 4.79 Å². The summed E-state index contributed by atoms with van der Waals surface area (Å²) in [6.07, 6.45) is 2.95. The van der Waals surface area contributed by atoms with Gasteiger partial charge in [0.25, 0.3) is 0 Å². The SMILES string of the molecule is CC[C@@H](N)C(=O)N1CCC(CN2CCOCC2)CC1. The molecule has 0 aromatic carbocycles. The highest BCUT2D eigenvalue weighted by atomic mass is 16.5. The van der Waals surface area contributed by atoms with Gasteiger partial charge < -0.3 is 15.4 Å². The van der Waals surface area contributed by atoms with Crippen molar-refractivity contribution in [2.45, 2.75) is 32.2 Å². The van der Waals surface area contributed by atoms with Gasteiger partial charge in [-0.25, -0.2) is 0 Å². The maximum atomic E-state index is 12.0. The monoisotopic (exact) mass is 269 g/mol. The van der Waals surface area contributed by atoms with Crippen LogP contribution in [0.5, 0.6) is 0 Å². The molecule has 2 heterocycles. The fraction of sp³-hybridized carbons (Fsp3) is 0.929. The summed E-state index contributed by atoms with van der Waals surface area (Å²) in [4.78, 5) is 16.4. The number of hydrogen-bond donors (Lipinski definition) is 1. The molecule has 0 bridgehead atoms. The molecule has 5 heteroatoms. The van der Waals surface area contributed by atoms with E-state index in [4.69, 9.17) is 10.5 Å². The van der Waals surface area contributed by atoms with Gasteiger partial charge in [-0.1, -0.05) is 6.92 Å². The van der Waals surface area contributed by atoms with E-state index in [-0.39, 0.29) is 11.9 Å². The van der Waals surface area contributed by atoms with E-state index in [0.29, 0.717) is 0 Å². The third-order valence-corrected chi connectivity index (χ3v) is 4.30. The molecular formula is C14H27N3O2. The van der Waals surface area contributed by atoms with Crippen molar-refractivity contribution in [1.29, 1.82) is 0 Å². The zero-order valence-electron chi connectivity index (χ0n) is 12.0. The molecule has 0 aromatic heterocycles. The number of morpholine rings is 1. The van der Waals surface area contributed by atoms with E-state index in [2.05, 4.69) is 4.90 Å². The highest BCUT2D eigenvalue weighted by Gasteiger charge is 2.26. The Morgan fingerprint density at radius 1 is 1.26 bits per heavy atom. The van der Waals surface area contributed by atoms with E-state index in [1.54, 1.807) is 0 Å². The molecule has 0 saturated carbocycles. The standard InChI is InChI=1S/C14H27N3O2/c1-2-13(15)14(18)17-5-3-12(4-6-17)11-16-7-9-19-10-8-16/h12-13H,2-11,15H2,1H3/t13-/m1/s1. The maximum absolute atomic E-state index is 12.0. The number of hydrogen-bond acceptors (Lipinski definition) is 4. The van der Waals surface area contributed by atoms with E-state index in [0.717, 1.165) is 71.1 Å². The van der Waals surface area contributed by atoms with Crippen molar-refractivity contribution in [2.24, 2.45) is 11.7 Å². The average Bonchev–Trinajstić information content (AvgIpc) is 2.47. The lowest BCUT2D eigenvalue weighted by molar-refractivity contribution is -0.134. The predicted molar refractivity (Wildman–Crippen MR) is 74.8 cm³/mol. The van der Waals surface area contributed by atoms with Crippen molar-refractivity contribution >= 4 is 5.91 Å². The topological polar surface area (TPSA) is 58.8 Å². The summed E-state index contributed by atoms with van der Waals surface area (Å²) in [6.45, 7) is 8.72. The van der Waals surface area contributed by atoms with Crippen molar-refractivity contribution in [3.63, 3.8) is 0 Å². The van der Waals surface area contributed by atoms with Gasteiger partial charge in [0.1, 0.15) is 0 Å². The van der Waals surface area contributed by atoms with Gasteiger partial charge in [-0.15, -0.1) is 0 Å². The molecule has 2 aliphatic heterocycles. The number of amides is 1. The molecule has 0 aromatic rings. The molecule has 110 valence electrons. The van der Waals surface area contributed by atoms with Crippen molar-refractivity contribution < 1.29 is 9.53 Å². The summed E-state index contributed by atoms with van der Waals surface area (Å²) in [7, 11) is 0. The Hall–Kier alpha value is -0.650. The van der Waals surface area contributed by atoms with Gasteiger partial charge in [-0.3, -0.25) is 9.69 Å². The minimum atomic E-state index is -0.309. The Labute approximate surface area is 116 Å². The van der Waals surface area contributed by atoms with Gasteiger partial charge in [0, 0.05) is 32.7 Å². The summed E-state index contributed by atoms with van der Waals surface area (Å²) in [5.74, 6) is 0.854. The minimum absolute atomic E-state index is 0.132. The van der Waals surface area contributed by atoms with Crippen LogP contribution in [0.15, 0.2) is 0 Å². The van der Waals surface area contributed by atoms with Crippen molar-refractivity contribution in [1.82, 2.24) is 9.80 Å². The van der Waals surface area contributed by atoms with E-state index in [1.807, 2.05) is 11.8 Å². The van der Waals surface area contributed by atoms with Crippen LogP contribution in [0.25, 0.3) is 0 Å². The van der Waals surface area contributed by atoms with E-state index < -0.39 is 0 Å². The zero-order chi connectivity index (χ0) is 13.7. The number of rotatable bonds is 4. The Kier molecular flexibility index (Phi) is 5.60. The first-order valence-corrected chi connectivity index (χ1v) is 7.55. The van der Waals surface area contributed by atoms with Crippen LogP contribution in [-0.4, -0.2) is 67.7 Å². The number of carbonyl (C=O) groups excluding carboxylic acids is 1. The second kappa shape index (κ2) is 7.22. The summed E-state index contributed by atoms with van der Waals surface area (Å²) < 4.78 is 5.37. The second-order valence-corrected chi connectivity index (χ2v) is 5.70. The Morgan fingerprint density at radius 3 is 2.47 bits per heavy atom. The Bertz CT molecular complexity index is 284. The molecule has 2 aliphatic rings. The molecule has 2 saturated heterocycles. The number of piperidine rings is 1. The first kappa shape index (κ1) is 14.8. The van der Waals surface area contributed by atoms with Crippen molar-refractivity contribution in [3.05, 3.63) is 0 Å². The lowest BCUT2D eigenvalue weighted by atomic mass is 9.95. The Morgan fingerprint density at radius 2 is 1.89 bits per heavy atom. The van der Waals surface area contributed by atoms with Gasteiger partial charge >= 0.3 is 0 Å². The Balaban J connectivity index is 1.71. The van der Waals surface area contributed by atoms with Gasteiger partial charge in [-0.05, 0) is 25.2 Å². The lowest BCUT2D eigenvalue weighted by Gasteiger charge is -2.36. The third-order valence-electron chi connectivity index (χ3n) is 4.30. The number of carbonyl (C=O) groups is 1.